The fourth-order valence-corrected chi connectivity index (χ4v) is 0.997. The van der Waals surface area contributed by atoms with Gasteiger partial charge in [-0.2, -0.15) is 0 Å². The zero-order chi connectivity index (χ0) is 20.5. The first-order chi connectivity index (χ1) is 12.0. The predicted molar refractivity (Wildman–Crippen MR) is 84.1 cm³/mol. The van der Waals surface area contributed by atoms with Crippen LogP contribution in [-0.4, -0.2) is 69.2 Å². The van der Waals surface area contributed by atoms with Crippen molar-refractivity contribution in [1.29, 1.82) is 0 Å². The van der Waals surface area contributed by atoms with Crippen LogP contribution in [0.5, 0.6) is 0 Å². The molecule has 0 aliphatic rings. The lowest BCUT2D eigenvalue weighted by Crippen LogP contribution is -2.24. The Morgan fingerprint density at radius 1 is 0.577 bits per heavy atom. The number of carbonyl (C=O) groups excluding carboxylic acids is 2. The van der Waals surface area contributed by atoms with Crippen molar-refractivity contribution in [3.8, 4) is 0 Å². The molecule has 0 spiro atoms. The van der Waals surface area contributed by atoms with Gasteiger partial charge in [0.25, 0.3) is 0 Å². The molecule has 144 valence electrons. The van der Waals surface area contributed by atoms with Crippen molar-refractivity contribution < 1.29 is 49.2 Å². The summed E-state index contributed by atoms with van der Waals surface area (Å²) in [5, 5.41) is 37.0. The van der Waals surface area contributed by atoms with Gasteiger partial charge in [0.1, 0.15) is 0 Å². The van der Waals surface area contributed by atoms with Gasteiger partial charge in [-0.15, -0.1) is 0 Å². The molecule has 12 nitrogen and oxygen atoms in total. The number of rotatable bonds is 10. The second kappa shape index (κ2) is 14.9. The molecule has 0 aromatic carbocycles. The Labute approximate surface area is 146 Å². The molecule has 0 saturated heterocycles. The standard InChI is InChI=1S/2C7H9NO5/c2*9-5(1-2-6(10)11)8-4-3-7(12)13/h2*1-2H,3-4H2,(H,8,9)(H,10,11)(H,12,13)/b2-1+;2-1-. The van der Waals surface area contributed by atoms with E-state index in [1.165, 1.54) is 0 Å². The molecule has 26 heavy (non-hydrogen) atoms. The molecule has 0 rings (SSSR count). The molecule has 2 amide bonds. The van der Waals surface area contributed by atoms with Gasteiger partial charge in [0, 0.05) is 37.4 Å². The second-order valence-electron chi connectivity index (χ2n) is 4.21. The third-order valence-corrected chi connectivity index (χ3v) is 2.03. The van der Waals surface area contributed by atoms with Crippen LogP contribution in [0.15, 0.2) is 24.3 Å². The van der Waals surface area contributed by atoms with Crippen LogP contribution in [-0.2, 0) is 28.8 Å². The minimum absolute atomic E-state index is 0.0157. The fourth-order valence-electron chi connectivity index (χ4n) is 0.997. The van der Waals surface area contributed by atoms with Gasteiger partial charge < -0.3 is 31.1 Å². The maximum absolute atomic E-state index is 10.7. The molecule has 0 aromatic rings. The average Bonchev–Trinajstić information content (AvgIpc) is 2.51. The van der Waals surface area contributed by atoms with Crippen molar-refractivity contribution in [2.24, 2.45) is 0 Å². The minimum Gasteiger partial charge on any atom is -0.481 e. The summed E-state index contributed by atoms with van der Waals surface area (Å²) in [6, 6.07) is 0. The van der Waals surface area contributed by atoms with Crippen molar-refractivity contribution in [2.45, 2.75) is 12.8 Å². The SMILES string of the molecule is O=C(O)/C=C/C(=O)NCCC(=O)O.O=C(O)/C=C\C(=O)NCCC(=O)O. The summed E-state index contributed by atoms with van der Waals surface area (Å²) in [5.41, 5.74) is 0. The summed E-state index contributed by atoms with van der Waals surface area (Å²) in [4.78, 5) is 61.2. The predicted octanol–water partition coefficient (Wildman–Crippen LogP) is -1.56. The van der Waals surface area contributed by atoms with Crippen LogP contribution < -0.4 is 10.6 Å². The fraction of sp³-hybridized carbons (Fsp3) is 0.286. The summed E-state index contributed by atoms with van der Waals surface area (Å²) in [5.74, 6) is -5.75. The Hall–Kier alpha value is -3.70. The molecule has 0 fully saturated rings. The first-order valence-electron chi connectivity index (χ1n) is 6.85. The van der Waals surface area contributed by atoms with Crippen LogP contribution in [0.25, 0.3) is 0 Å². The van der Waals surface area contributed by atoms with Crippen LogP contribution in [0.4, 0.5) is 0 Å². The number of hydrogen-bond donors (Lipinski definition) is 6. The van der Waals surface area contributed by atoms with Gasteiger partial charge in [0.15, 0.2) is 0 Å². The zero-order valence-corrected chi connectivity index (χ0v) is 13.4. The van der Waals surface area contributed by atoms with Crippen molar-refractivity contribution in [1.82, 2.24) is 10.6 Å². The maximum atomic E-state index is 10.7. The Balaban J connectivity index is 0. The quantitative estimate of drug-likeness (QED) is 0.242. The van der Waals surface area contributed by atoms with Crippen LogP contribution in [0.3, 0.4) is 0 Å². The zero-order valence-electron chi connectivity index (χ0n) is 13.4. The van der Waals surface area contributed by atoms with E-state index in [0.717, 1.165) is 12.2 Å². The van der Waals surface area contributed by atoms with Crippen molar-refractivity contribution in [3.05, 3.63) is 24.3 Å². The molecule has 0 bridgehead atoms. The van der Waals surface area contributed by atoms with Crippen molar-refractivity contribution in [3.63, 3.8) is 0 Å². The van der Waals surface area contributed by atoms with E-state index in [1.807, 2.05) is 0 Å². The highest BCUT2D eigenvalue weighted by Crippen LogP contribution is 1.79. The summed E-state index contributed by atoms with van der Waals surface area (Å²) >= 11 is 0. The van der Waals surface area contributed by atoms with Gasteiger partial charge in [0.2, 0.25) is 11.8 Å². The van der Waals surface area contributed by atoms with Gasteiger partial charge in [-0.05, 0) is 0 Å². The van der Waals surface area contributed by atoms with Crippen LogP contribution in [0.2, 0.25) is 0 Å². The Bertz CT molecular complexity index is 543. The summed E-state index contributed by atoms with van der Waals surface area (Å²) in [6.45, 7) is -0.0315. The number of hydrogen-bond acceptors (Lipinski definition) is 6. The third-order valence-electron chi connectivity index (χ3n) is 2.03. The van der Waals surface area contributed by atoms with Crippen LogP contribution >= 0.6 is 0 Å². The van der Waals surface area contributed by atoms with E-state index in [0.29, 0.717) is 12.2 Å². The number of carboxylic acids is 4. The smallest absolute Gasteiger partial charge is 0.328 e. The lowest BCUT2D eigenvalue weighted by atomic mass is 10.4. The molecule has 0 saturated carbocycles. The van der Waals surface area contributed by atoms with E-state index >= 15 is 0 Å². The van der Waals surface area contributed by atoms with Gasteiger partial charge in [-0.1, -0.05) is 0 Å². The van der Waals surface area contributed by atoms with Crippen molar-refractivity contribution >= 4 is 35.7 Å². The van der Waals surface area contributed by atoms with Crippen molar-refractivity contribution in [2.75, 3.05) is 13.1 Å². The number of carbonyl (C=O) groups is 6. The van der Waals surface area contributed by atoms with E-state index in [4.69, 9.17) is 20.4 Å². The molecule has 0 aliphatic carbocycles. The maximum Gasteiger partial charge on any atom is 0.328 e. The van der Waals surface area contributed by atoms with Crippen LogP contribution in [0, 0.1) is 0 Å². The van der Waals surface area contributed by atoms with Gasteiger partial charge in [0.05, 0.1) is 12.8 Å². The lowest BCUT2D eigenvalue weighted by Gasteiger charge is -1.96. The van der Waals surface area contributed by atoms with E-state index < -0.39 is 35.7 Å². The first kappa shape index (κ1) is 24.6. The van der Waals surface area contributed by atoms with Crippen LogP contribution in [0.1, 0.15) is 12.8 Å². The summed E-state index contributed by atoms with van der Waals surface area (Å²) in [6.07, 6.45) is 2.62. The highest BCUT2D eigenvalue weighted by molar-refractivity contribution is 5.94. The van der Waals surface area contributed by atoms with Gasteiger partial charge >= 0.3 is 23.9 Å². The molecule has 0 unspecified atom stereocenters. The summed E-state index contributed by atoms with van der Waals surface area (Å²) < 4.78 is 0. The number of carboxylic acid groups (broad SMARTS) is 4. The van der Waals surface area contributed by atoms with E-state index in [9.17, 15) is 28.8 Å². The highest BCUT2D eigenvalue weighted by Gasteiger charge is 1.99. The molecular weight excluding hydrogens is 356 g/mol. The Morgan fingerprint density at radius 3 is 1.12 bits per heavy atom. The second-order valence-corrected chi connectivity index (χ2v) is 4.21. The largest absolute Gasteiger partial charge is 0.481 e. The topological polar surface area (TPSA) is 207 Å². The average molecular weight is 374 g/mol. The number of aliphatic carboxylic acids is 4. The molecule has 0 heterocycles. The van der Waals surface area contributed by atoms with E-state index in [2.05, 4.69) is 10.6 Å². The Kier molecular flexibility index (Phi) is 14.0. The number of amides is 2. The molecule has 6 N–H and O–H groups in total. The van der Waals surface area contributed by atoms with E-state index in [-0.39, 0.29) is 25.9 Å². The minimum atomic E-state index is -1.23. The summed E-state index contributed by atoms with van der Waals surface area (Å²) in [7, 11) is 0. The molecular formula is C14H18N2O10. The molecule has 12 heteroatoms. The normalized spacial score (nSPS) is 9.85. The van der Waals surface area contributed by atoms with Gasteiger partial charge in [-0.3, -0.25) is 19.2 Å². The Morgan fingerprint density at radius 2 is 0.885 bits per heavy atom. The molecule has 0 atom stereocenters. The van der Waals surface area contributed by atoms with E-state index in [1.54, 1.807) is 0 Å². The third kappa shape index (κ3) is 22.6. The molecule has 0 aliphatic heterocycles. The lowest BCUT2D eigenvalue weighted by molar-refractivity contribution is -0.138. The molecule has 0 aromatic heterocycles. The van der Waals surface area contributed by atoms with Gasteiger partial charge in [-0.25, -0.2) is 9.59 Å². The monoisotopic (exact) mass is 374 g/mol. The molecule has 0 radical (unpaired) electrons. The number of nitrogens with one attached hydrogen (secondary N) is 2. The first-order valence-corrected chi connectivity index (χ1v) is 6.85. The highest BCUT2D eigenvalue weighted by atomic mass is 16.4.